The first-order valence-electron chi connectivity index (χ1n) is 7.58. The van der Waals surface area contributed by atoms with Crippen molar-refractivity contribution in [1.82, 2.24) is 10.2 Å². The van der Waals surface area contributed by atoms with Crippen LogP contribution < -0.4 is 10.6 Å². The molecule has 1 saturated heterocycles. The van der Waals surface area contributed by atoms with E-state index in [4.69, 9.17) is 0 Å². The summed E-state index contributed by atoms with van der Waals surface area (Å²) in [6.45, 7) is 2.23. The fourth-order valence-corrected chi connectivity index (χ4v) is 2.40. The summed E-state index contributed by atoms with van der Waals surface area (Å²) in [4.78, 5) is 36.4. The second-order valence-corrected chi connectivity index (χ2v) is 5.66. The Bertz CT molecular complexity index is 766. The third-order valence-electron chi connectivity index (χ3n) is 3.80. The zero-order chi connectivity index (χ0) is 17.1. The van der Waals surface area contributed by atoms with Crippen molar-refractivity contribution in [2.75, 3.05) is 11.9 Å². The third kappa shape index (κ3) is 3.43. The molecule has 0 aromatic heterocycles. The Labute approximate surface area is 139 Å². The van der Waals surface area contributed by atoms with E-state index >= 15 is 0 Å². The van der Waals surface area contributed by atoms with Gasteiger partial charge in [0, 0.05) is 11.3 Å². The minimum absolute atomic E-state index is 0.0452. The second-order valence-electron chi connectivity index (χ2n) is 5.66. The largest absolute Gasteiger partial charge is 0.329 e. The van der Waals surface area contributed by atoms with Crippen LogP contribution in [0.2, 0.25) is 0 Å². The first kappa shape index (κ1) is 15.7. The van der Waals surface area contributed by atoms with Crippen LogP contribution in [0.5, 0.6) is 0 Å². The lowest BCUT2D eigenvalue weighted by Gasteiger charge is -2.13. The Balaban J connectivity index is 1.64. The van der Waals surface area contributed by atoms with Gasteiger partial charge < -0.3 is 10.6 Å². The van der Waals surface area contributed by atoms with Crippen LogP contribution in [0.15, 0.2) is 48.5 Å². The molecule has 2 aromatic carbocycles. The molecule has 0 aliphatic carbocycles. The highest BCUT2D eigenvalue weighted by Gasteiger charge is 2.28. The molecule has 6 heteroatoms. The number of nitrogens with zero attached hydrogens (tertiary/aromatic N) is 1. The van der Waals surface area contributed by atoms with Crippen molar-refractivity contribution in [2.45, 2.75) is 13.5 Å². The van der Waals surface area contributed by atoms with E-state index < -0.39 is 0 Å². The molecule has 24 heavy (non-hydrogen) atoms. The molecule has 1 aliphatic heterocycles. The Kier molecular flexibility index (Phi) is 4.29. The van der Waals surface area contributed by atoms with Gasteiger partial charge in [-0.1, -0.05) is 29.8 Å². The van der Waals surface area contributed by atoms with Gasteiger partial charge in [0.15, 0.2) is 0 Å². The Morgan fingerprint density at radius 1 is 1.08 bits per heavy atom. The molecule has 0 spiro atoms. The number of hydrogen-bond acceptors (Lipinski definition) is 3. The standard InChI is InChI=1S/C18H17N3O3/c1-12-2-6-14(7-3-12)17(23)20-15-8-4-13(5-9-15)11-21-16(22)10-19-18(21)24/h2-9H,10-11H2,1H3,(H,19,24)(H,20,23). The minimum Gasteiger partial charge on any atom is -0.329 e. The topological polar surface area (TPSA) is 78.5 Å². The van der Waals surface area contributed by atoms with Gasteiger partial charge in [-0.05, 0) is 36.8 Å². The van der Waals surface area contributed by atoms with Crippen molar-refractivity contribution < 1.29 is 14.4 Å². The molecule has 122 valence electrons. The predicted molar refractivity (Wildman–Crippen MR) is 89.5 cm³/mol. The molecule has 1 fully saturated rings. The van der Waals surface area contributed by atoms with Crippen molar-refractivity contribution in [3.05, 3.63) is 65.2 Å². The molecule has 0 bridgehead atoms. The molecule has 6 nitrogen and oxygen atoms in total. The number of imide groups is 1. The number of nitrogens with one attached hydrogen (secondary N) is 2. The molecule has 1 aliphatic rings. The molecule has 3 rings (SSSR count). The second kappa shape index (κ2) is 6.54. The van der Waals surface area contributed by atoms with Gasteiger partial charge in [-0.2, -0.15) is 0 Å². The van der Waals surface area contributed by atoms with Crippen LogP contribution in [-0.4, -0.2) is 29.3 Å². The summed E-state index contributed by atoms with van der Waals surface area (Å²) in [7, 11) is 0. The molecule has 0 atom stereocenters. The predicted octanol–water partition coefficient (Wildman–Crippen LogP) is 2.30. The summed E-state index contributed by atoms with van der Waals surface area (Å²) < 4.78 is 0. The molecule has 2 N–H and O–H groups in total. The van der Waals surface area contributed by atoms with E-state index in [1.165, 1.54) is 4.90 Å². The van der Waals surface area contributed by atoms with Crippen molar-refractivity contribution >= 4 is 23.5 Å². The van der Waals surface area contributed by atoms with Gasteiger partial charge in [0.1, 0.15) is 0 Å². The summed E-state index contributed by atoms with van der Waals surface area (Å²) in [6.07, 6.45) is 0. The Hall–Kier alpha value is -3.15. The van der Waals surface area contributed by atoms with Gasteiger partial charge in [-0.3, -0.25) is 14.5 Å². The van der Waals surface area contributed by atoms with E-state index in [1.807, 2.05) is 19.1 Å². The molecule has 2 aromatic rings. The van der Waals surface area contributed by atoms with Crippen molar-refractivity contribution in [1.29, 1.82) is 0 Å². The van der Waals surface area contributed by atoms with Crippen molar-refractivity contribution in [2.24, 2.45) is 0 Å². The maximum atomic E-state index is 12.2. The van der Waals surface area contributed by atoms with Crippen molar-refractivity contribution in [3.63, 3.8) is 0 Å². The number of urea groups is 1. The van der Waals surface area contributed by atoms with E-state index in [9.17, 15) is 14.4 Å². The van der Waals surface area contributed by atoms with Crippen LogP contribution in [0, 0.1) is 6.92 Å². The highest BCUT2D eigenvalue weighted by atomic mass is 16.2. The lowest BCUT2D eigenvalue weighted by molar-refractivity contribution is -0.125. The SMILES string of the molecule is Cc1ccc(C(=O)Nc2ccc(CN3C(=O)CNC3=O)cc2)cc1. The smallest absolute Gasteiger partial charge is 0.324 e. The number of carbonyl (C=O) groups excluding carboxylic acids is 3. The number of rotatable bonds is 4. The summed E-state index contributed by atoms with van der Waals surface area (Å²) in [5, 5.41) is 5.30. The number of hydrogen-bond donors (Lipinski definition) is 2. The van der Waals surface area contributed by atoms with Crippen molar-refractivity contribution in [3.8, 4) is 0 Å². The summed E-state index contributed by atoms with van der Waals surface area (Å²) in [5.41, 5.74) is 3.15. The lowest BCUT2D eigenvalue weighted by atomic mass is 10.1. The van der Waals surface area contributed by atoms with Crippen LogP contribution in [0.1, 0.15) is 21.5 Å². The first-order chi connectivity index (χ1) is 11.5. The van der Waals surface area contributed by atoms with Crippen LogP contribution in [0.3, 0.4) is 0 Å². The van der Waals surface area contributed by atoms with Crippen LogP contribution in [0.4, 0.5) is 10.5 Å². The molecular weight excluding hydrogens is 306 g/mol. The normalized spacial score (nSPS) is 13.8. The van der Waals surface area contributed by atoms with Gasteiger partial charge in [0.05, 0.1) is 13.1 Å². The van der Waals surface area contributed by atoms with Gasteiger partial charge in [-0.25, -0.2) is 4.79 Å². The Morgan fingerprint density at radius 3 is 2.33 bits per heavy atom. The molecule has 4 amide bonds. The van der Waals surface area contributed by atoms with Gasteiger partial charge in [-0.15, -0.1) is 0 Å². The monoisotopic (exact) mass is 323 g/mol. The van der Waals surface area contributed by atoms with E-state index in [-0.39, 0.29) is 30.9 Å². The average Bonchev–Trinajstić information content (AvgIpc) is 2.89. The van der Waals surface area contributed by atoms with E-state index in [1.54, 1.807) is 36.4 Å². The summed E-state index contributed by atoms with van der Waals surface area (Å²) in [6, 6.07) is 14.0. The number of benzene rings is 2. The van der Waals surface area contributed by atoms with E-state index in [0.29, 0.717) is 11.3 Å². The van der Waals surface area contributed by atoms with Crippen LogP contribution in [0.25, 0.3) is 0 Å². The lowest BCUT2D eigenvalue weighted by Crippen LogP contribution is -2.30. The molecule has 0 unspecified atom stereocenters. The van der Waals surface area contributed by atoms with E-state index in [2.05, 4.69) is 10.6 Å². The van der Waals surface area contributed by atoms with Gasteiger partial charge in [0.25, 0.3) is 5.91 Å². The first-order valence-corrected chi connectivity index (χ1v) is 7.58. The summed E-state index contributed by atoms with van der Waals surface area (Å²) >= 11 is 0. The zero-order valence-electron chi connectivity index (χ0n) is 13.2. The average molecular weight is 323 g/mol. The van der Waals surface area contributed by atoms with E-state index in [0.717, 1.165) is 11.1 Å². The number of carbonyl (C=O) groups is 3. The summed E-state index contributed by atoms with van der Waals surface area (Å²) in [5.74, 6) is -0.423. The minimum atomic E-state index is -0.378. The fraction of sp³-hybridized carbons (Fsp3) is 0.167. The molecule has 1 heterocycles. The molecular formula is C18H17N3O3. The molecule has 0 radical (unpaired) electrons. The number of amides is 4. The third-order valence-corrected chi connectivity index (χ3v) is 3.80. The molecule has 0 saturated carbocycles. The highest BCUT2D eigenvalue weighted by Crippen LogP contribution is 2.14. The maximum absolute atomic E-state index is 12.2. The number of anilines is 1. The number of aryl methyl sites for hydroxylation is 1. The van der Waals surface area contributed by atoms with Crippen LogP contribution >= 0.6 is 0 Å². The Morgan fingerprint density at radius 2 is 1.75 bits per heavy atom. The van der Waals surface area contributed by atoms with Crippen LogP contribution in [-0.2, 0) is 11.3 Å². The highest BCUT2D eigenvalue weighted by molar-refractivity contribution is 6.04. The zero-order valence-corrected chi connectivity index (χ0v) is 13.2. The maximum Gasteiger partial charge on any atom is 0.324 e. The quantitative estimate of drug-likeness (QED) is 0.848. The van der Waals surface area contributed by atoms with Gasteiger partial charge >= 0.3 is 6.03 Å². The van der Waals surface area contributed by atoms with Gasteiger partial charge in [0.2, 0.25) is 5.91 Å². The fourth-order valence-electron chi connectivity index (χ4n) is 2.40.